The lowest BCUT2D eigenvalue weighted by Gasteiger charge is -2.43. The summed E-state index contributed by atoms with van der Waals surface area (Å²) in [5.41, 5.74) is 1.63. The molecule has 43 heavy (non-hydrogen) atoms. The highest BCUT2D eigenvalue weighted by Crippen LogP contribution is 2.47. The lowest BCUT2D eigenvalue weighted by molar-refractivity contribution is -0.164. The number of methoxy groups -OCH3 is 2. The van der Waals surface area contributed by atoms with Crippen molar-refractivity contribution in [2.75, 3.05) is 27.4 Å². The molecule has 2 aromatic carbocycles. The minimum atomic E-state index is -0.508. The lowest BCUT2D eigenvalue weighted by Crippen LogP contribution is -2.44. The molecule has 0 aliphatic heterocycles. The monoisotopic (exact) mass is 591 g/mol. The van der Waals surface area contributed by atoms with Crippen molar-refractivity contribution in [1.29, 1.82) is 5.26 Å². The van der Waals surface area contributed by atoms with E-state index in [2.05, 4.69) is 54.5 Å². The molecule has 0 bridgehead atoms. The van der Waals surface area contributed by atoms with Gasteiger partial charge in [0.05, 0.1) is 44.5 Å². The van der Waals surface area contributed by atoms with E-state index >= 15 is 0 Å². The van der Waals surface area contributed by atoms with E-state index in [1.807, 2.05) is 48.5 Å². The molecule has 2 aromatic rings. The Labute approximate surface area is 260 Å². The molecular weight excluding hydrogens is 538 g/mol. The van der Waals surface area contributed by atoms with Crippen molar-refractivity contribution in [1.82, 2.24) is 0 Å². The van der Waals surface area contributed by atoms with Gasteiger partial charge in [0.2, 0.25) is 0 Å². The number of hydrogen-bond acceptors (Lipinski definition) is 6. The van der Waals surface area contributed by atoms with Gasteiger partial charge in [0.25, 0.3) is 0 Å². The maximum atomic E-state index is 13.0. The standard InChI is InChI=1S/C37H53NO5/c1-35(2,3)27-37(7,36(4,5)6)34(39)43-23-15-13-11-10-12-14-22-42-31-19-17-29(18-20-31)30(26-38)24-28-16-21-32(40-8)33(25-28)41-9/h16-21,24-25H,10-15,22-23,27H2,1-9H3/b30-24+. The number of nitriles is 1. The molecule has 236 valence electrons. The molecule has 6 nitrogen and oxygen atoms in total. The maximum absolute atomic E-state index is 13.0. The second kappa shape index (κ2) is 16.4. The highest BCUT2D eigenvalue weighted by atomic mass is 16.5. The van der Waals surface area contributed by atoms with E-state index < -0.39 is 5.41 Å². The number of carbonyl (C=O) groups is 1. The Bertz CT molecular complexity index is 1230. The Kier molecular flexibility index (Phi) is 13.6. The number of benzene rings is 2. The first kappa shape index (κ1) is 35.7. The number of rotatable bonds is 16. The van der Waals surface area contributed by atoms with Crippen LogP contribution in [0.5, 0.6) is 17.2 Å². The molecule has 1 unspecified atom stereocenters. The number of unbranched alkanes of at least 4 members (excludes halogenated alkanes) is 5. The summed E-state index contributed by atoms with van der Waals surface area (Å²) in [6.45, 7) is 16.1. The Morgan fingerprint density at radius 2 is 1.37 bits per heavy atom. The summed E-state index contributed by atoms with van der Waals surface area (Å²) in [5, 5.41) is 9.72. The van der Waals surface area contributed by atoms with Crippen LogP contribution < -0.4 is 14.2 Å². The van der Waals surface area contributed by atoms with Crippen molar-refractivity contribution >= 4 is 17.6 Å². The van der Waals surface area contributed by atoms with E-state index in [9.17, 15) is 10.1 Å². The fourth-order valence-corrected chi connectivity index (χ4v) is 5.15. The van der Waals surface area contributed by atoms with Crippen molar-refractivity contribution in [3.63, 3.8) is 0 Å². The van der Waals surface area contributed by atoms with Crippen molar-refractivity contribution < 1.29 is 23.7 Å². The van der Waals surface area contributed by atoms with E-state index in [0.717, 1.165) is 61.8 Å². The SMILES string of the molecule is COc1ccc(/C=C(\C#N)c2ccc(OCCCCCCCCOC(=O)C(C)(CC(C)(C)C)C(C)(C)C)cc2)cc1OC. The van der Waals surface area contributed by atoms with Crippen molar-refractivity contribution in [3.05, 3.63) is 53.6 Å². The predicted molar refractivity (Wildman–Crippen MR) is 175 cm³/mol. The molecule has 0 aromatic heterocycles. The Hall–Kier alpha value is -3.46. The maximum Gasteiger partial charge on any atom is 0.312 e. The van der Waals surface area contributed by atoms with Gasteiger partial charge in [-0.25, -0.2) is 0 Å². The average Bonchev–Trinajstić information content (AvgIpc) is 2.95. The van der Waals surface area contributed by atoms with Crippen LogP contribution in [0.1, 0.15) is 105 Å². The summed E-state index contributed by atoms with van der Waals surface area (Å²) < 4.78 is 22.3. The molecule has 0 radical (unpaired) electrons. The van der Waals surface area contributed by atoms with Crippen LogP contribution in [0.15, 0.2) is 42.5 Å². The molecule has 0 saturated carbocycles. The smallest absolute Gasteiger partial charge is 0.312 e. The van der Waals surface area contributed by atoms with Gasteiger partial charge in [-0.3, -0.25) is 4.79 Å². The number of esters is 1. The minimum Gasteiger partial charge on any atom is -0.494 e. The van der Waals surface area contributed by atoms with Gasteiger partial charge in [0, 0.05) is 0 Å². The van der Waals surface area contributed by atoms with E-state index in [-0.39, 0.29) is 16.8 Å². The fourth-order valence-electron chi connectivity index (χ4n) is 5.15. The van der Waals surface area contributed by atoms with Gasteiger partial charge in [-0.15, -0.1) is 0 Å². The molecule has 0 fully saturated rings. The highest BCUT2D eigenvalue weighted by Gasteiger charge is 2.47. The van der Waals surface area contributed by atoms with Crippen LogP contribution in [0.25, 0.3) is 11.6 Å². The van der Waals surface area contributed by atoms with Crippen LogP contribution >= 0.6 is 0 Å². The van der Waals surface area contributed by atoms with Crippen molar-refractivity contribution in [2.45, 2.75) is 93.4 Å². The first-order valence-electron chi connectivity index (χ1n) is 15.5. The molecule has 0 N–H and O–H groups in total. The summed E-state index contributed by atoms with van der Waals surface area (Å²) in [5.74, 6) is 1.99. The number of carbonyl (C=O) groups excluding carboxylic acids is 1. The predicted octanol–water partition coefficient (Wildman–Crippen LogP) is 9.52. The average molecular weight is 592 g/mol. The molecule has 0 heterocycles. The lowest BCUT2D eigenvalue weighted by atomic mass is 9.61. The zero-order chi connectivity index (χ0) is 32.1. The topological polar surface area (TPSA) is 77.8 Å². The summed E-state index contributed by atoms with van der Waals surface area (Å²) >= 11 is 0. The van der Waals surface area contributed by atoms with E-state index in [4.69, 9.17) is 18.9 Å². The third-order valence-corrected chi connectivity index (χ3v) is 8.03. The number of nitrogens with zero attached hydrogens (tertiary/aromatic N) is 1. The van der Waals surface area contributed by atoms with E-state index in [1.165, 1.54) is 0 Å². The molecule has 6 heteroatoms. The van der Waals surface area contributed by atoms with Gasteiger partial charge in [-0.05, 0) is 90.6 Å². The Balaban J connectivity index is 1.69. The largest absolute Gasteiger partial charge is 0.494 e. The van der Waals surface area contributed by atoms with Crippen LogP contribution in [0.3, 0.4) is 0 Å². The van der Waals surface area contributed by atoms with Crippen LogP contribution in [-0.2, 0) is 9.53 Å². The normalized spacial score (nSPS) is 13.5. The highest BCUT2D eigenvalue weighted by molar-refractivity contribution is 5.90. The van der Waals surface area contributed by atoms with E-state index in [1.54, 1.807) is 14.2 Å². The van der Waals surface area contributed by atoms with Crippen LogP contribution in [0, 0.1) is 27.6 Å². The zero-order valence-electron chi connectivity index (χ0n) is 28.0. The van der Waals surface area contributed by atoms with Gasteiger partial charge in [-0.1, -0.05) is 73.3 Å². The third-order valence-electron chi connectivity index (χ3n) is 8.03. The summed E-state index contributed by atoms with van der Waals surface area (Å²) in [6, 6.07) is 15.5. The molecule has 0 saturated heterocycles. The molecule has 0 amide bonds. The molecule has 1 atom stereocenters. The van der Waals surface area contributed by atoms with Gasteiger partial charge in [-0.2, -0.15) is 5.26 Å². The van der Waals surface area contributed by atoms with E-state index in [0.29, 0.717) is 30.3 Å². The third kappa shape index (κ3) is 11.3. The number of allylic oxidation sites excluding steroid dienone is 1. The van der Waals surface area contributed by atoms with Gasteiger partial charge >= 0.3 is 5.97 Å². The molecular formula is C37H53NO5. The van der Waals surface area contributed by atoms with Crippen molar-refractivity contribution in [2.24, 2.45) is 16.2 Å². The Morgan fingerprint density at radius 3 is 1.91 bits per heavy atom. The second-order valence-electron chi connectivity index (χ2n) is 13.7. The molecule has 0 aliphatic rings. The van der Waals surface area contributed by atoms with Crippen LogP contribution in [0.4, 0.5) is 0 Å². The number of hydrogen-bond donors (Lipinski definition) is 0. The van der Waals surface area contributed by atoms with Crippen LogP contribution in [-0.4, -0.2) is 33.4 Å². The first-order valence-corrected chi connectivity index (χ1v) is 15.5. The first-order chi connectivity index (χ1) is 20.2. The van der Waals surface area contributed by atoms with Gasteiger partial charge < -0.3 is 18.9 Å². The van der Waals surface area contributed by atoms with Crippen molar-refractivity contribution in [3.8, 4) is 23.3 Å². The number of ether oxygens (including phenoxy) is 4. The molecule has 0 aliphatic carbocycles. The molecule has 2 rings (SSSR count). The second-order valence-corrected chi connectivity index (χ2v) is 13.7. The quantitative estimate of drug-likeness (QED) is 0.0837. The zero-order valence-corrected chi connectivity index (χ0v) is 28.0. The van der Waals surface area contributed by atoms with Gasteiger partial charge in [0.15, 0.2) is 11.5 Å². The summed E-state index contributed by atoms with van der Waals surface area (Å²) in [7, 11) is 3.19. The van der Waals surface area contributed by atoms with Crippen LogP contribution in [0.2, 0.25) is 0 Å². The Morgan fingerprint density at radius 1 is 0.791 bits per heavy atom. The van der Waals surface area contributed by atoms with Gasteiger partial charge in [0.1, 0.15) is 5.75 Å². The summed E-state index contributed by atoms with van der Waals surface area (Å²) in [6.07, 6.45) is 8.91. The molecule has 0 spiro atoms. The fraction of sp³-hybridized carbons (Fsp3) is 0.568. The summed E-state index contributed by atoms with van der Waals surface area (Å²) in [4.78, 5) is 13.0. The minimum absolute atomic E-state index is 0.0559.